The van der Waals surface area contributed by atoms with E-state index in [-0.39, 0.29) is 17.2 Å². The summed E-state index contributed by atoms with van der Waals surface area (Å²) in [6.07, 6.45) is 4.27. The summed E-state index contributed by atoms with van der Waals surface area (Å²) >= 11 is 1.42. The largest absolute Gasteiger partial charge is 0.297 e. The second-order valence-electron chi connectivity index (χ2n) is 7.19. The molecule has 3 heterocycles. The van der Waals surface area contributed by atoms with Gasteiger partial charge in [-0.15, -0.1) is 11.3 Å². The molecule has 7 nitrogen and oxygen atoms in total. The molecule has 1 aliphatic rings. The molecule has 0 saturated carbocycles. The first-order valence-corrected chi connectivity index (χ1v) is 10.5. The van der Waals surface area contributed by atoms with Crippen molar-refractivity contribution < 1.29 is 4.79 Å². The van der Waals surface area contributed by atoms with Gasteiger partial charge in [-0.05, 0) is 44.3 Å². The SMILES string of the molecule is CCCCn1nc(C(=O)Nc2nc(CN3CCC(C)CC3)cs2)ccc1=O. The molecule has 1 saturated heterocycles. The average Bonchev–Trinajstić information content (AvgIpc) is 3.09. The maximum atomic E-state index is 12.5. The number of rotatable bonds is 7. The number of hydrogen-bond donors (Lipinski definition) is 1. The Labute approximate surface area is 163 Å². The molecule has 0 spiro atoms. The highest BCUT2D eigenvalue weighted by molar-refractivity contribution is 7.13. The van der Waals surface area contributed by atoms with E-state index in [4.69, 9.17) is 0 Å². The molecule has 0 radical (unpaired) electrons. The first-order valence-electron chi connectivity index (χ1n) is 9.61. The van der Waals surface area contributed by atoms with Gasteiger partial charge >= 0.3 is 0 Å². The third kappa shape index (κ3) is 5.46. The number of thiazole rings is 1. The Morgan fingerprint density at radius 3 is 2.85 bits per heavy atom. The number of piperidine rings is 1. The van der Waals surface area contributed by atoms with Crippen LogP contribution < -0.4 is 10.9 Å². The van der Waals surface area contributed by atoms with Crippen LogP contribution in [0.4, 0.5) is 5.13 Å². The van der Waals surface area contributed by atoms with Crippen molar-refractivity contribution in [3.05, 3.63) is 39.3 Å². The van der Waals surface area contributed by atoms with Crippen LogP contribution in [0.2, 0.25) is 0 Å². The van der Waals surface area contributed by atoms with E-state index in [0.717, 1.165) is 44.1 Å². The molecule has 1 amide bonds. The molecule has 1 N–H and O–H groups in total. The molecular weight excluding hydrogens is 362 g/mol. The summed E-state index contributed by atoms with van der Waals surface area (Å²) in [5, 5.41) is 9.52. The van der Waals surface area contributed by atoms with Crippen LogP contribution in [-0.4, -0.2) is 38.7 Å². The predicted octanol–water partition coefficient (Wildman–Crippen LogP) is 2.98. The van der Waals surface area contributed by atoms with Crippen LogP contribution in [-0.2, 0) is 13.1 Å². The number of carbonyl (C=O) groups is 1. The van der Waals surface area contributed by atoms with E-state index in [1.165, 1.54) is 41.0 Å². The summed E-state index contributed by atoms with van der Waals surface area (Å²) in [5.41, 5.74) is 1.02. The van der Waals surface area contributed by atoms with Crippen LogP contribution >= 0.6 is 11.3 Å². The molecule has 1 aliphatic heterocycles. The van der Waals surface area contributed by atoms with E-state index in [9.17, 15) is 9.59 Å². The zero-order valence-electron chi connectivity index (χ0n) is 16.0. The minimum absolute atomic E-state index is 0.188. The lowest BCUT2D eigenvalue weighted by Gasteiger charge is -2.29. The second-order valence-corrected chi connectivity index (χ2v) is 8.05. The van der Waals surface area contributed by atoms with Gasteiger partial charge in [0.1, 0.15) is 5.69 Å². The van der Waals surface area contributed by atoms with E-state index in [1.807, 2.05) is 12.3 Å². The summed E-state index contributed by atoms with van der Waals surface area (Å²) < 4.78 is 1.35. The number of nitrogens with zero attached hydrogens (tertiary/aromatic N) is 4. The number of hydrogen-bond acceptors (Lipinski definition) is 6. The first-order chi connectivity index (χ1) is 13.0. The van der Waals surface area contributed by atoms with Crippen molar-refractivity contribution in [3.8, 4) is 0 Å². The number of carbonyl (C=O) groups excluding carboxylic acids is 1. The van der Waals surface area contributed by atoms with Gasteiger partial charge in [0.2, 0.25) is 0 Å². The van der Waals surface area contributed by atoms with Gasteiger partial charge in [0.15, 0.2) is 5.13 Å². The minimum Gasteiger partial charge on any atom is -0.297 e. The van der Waals surface area contributed by atoms with Gasteiger partial charge in [0.25, 0.3) is 11.5 Å². The van der Waals surface area contributed by atoms with Gasteiger partial charge in [-0.25, -0.2) is 9.67 Å². The van der Waals surface area contributed by atoms with Crippen LogP contribution in [0, 0.1) is 5.92 Å². The number of aryl methyl sites for hydroxylation is 1. The van der Waals surface area contributed by atoms with Gasteiger partial charge in [-0.1, -0.05) is 20.3 Å². The third-order valence-electron chi connectivity index (χ3n) is 4.86. The van der Waals surface area contributed by atoms with E-state index >= 15 is 0 Å². The van der Waals surface area contributed by atoms with E-state index in [2.05, 4.69) is 27.2 Å². The molecule has 146 valence electrons. The van der Waals surface area contributed by atoms with Crippen LogP contribution in [0.15, 0.2) is 22.3 Å². The topological polar surface area (TPSA) is 80.1 Å². The first kappa shape index (κ1) is 19.7. The summed E-state index contributed by atoms with van der Waals surface area (Å²) in [4.78, 5) is 31.2. The quantitative estimate of drug-likeness (QED) is 0.787. The highest BCUT2D eigenvalue weighted by Gasteiger charge is 2.17. The molecule has 2 aromatic rings. The van der Waals surface area contributed by atoms with Crippen molar-refractivity contribution in [1.82, 2.24) is 19.7 Å². The zero-order chi connectivity index (χ0) is 19.2. The molecule has 27 heavy (non-hydrogen) atoms. The minimum atomic E-state index is -0.340. The molecule has 0 unspecified atom stereocenters. The number of likely N-dealkylation sites (tertiary alicyclic amines) is 1. The molecule has 2 aromatic heterocycles. The van der Waals surface area contributed by atoms with E-state index < -0.39 is 0 Å². The standard InChI is InChI=1S/C19H27N5O2S/c1-3-4-9-24-17(25)6-5-16(22-24)18(26)21-19-20-15(13-27-19)12-23-10-7-14(2)8-11-23/h5-6,13-14H,3-4,7-12H2,1-2H3,(H,20,21,26). The maximum absolute atomic E-state index is 12.5. The lowest BCUT2D eigenvalue weighted by Crippen LogP contribution is -2.32. The van der Waals surface area contributed by atoms with Crippen LogP contribution in [0.3, 0.4) is 0 Å². The average molecular weight is 390 g/mol. The fourth-order valence-electron chi connectivity index (χ4n) is 3.09. The molecule has 8 heteroatoms. The summed E-state index contributed by atoms with van der Waals surface area (Å²) in [6.45, 7) is 7.89. The van der Waals surface area contributed by atoms with Crippen molar-refractivity contribution >= 4 is 22.4 Å². The number of nitrogens with one attached hydrogen (secondary N) is 1. The summed E-state index contributed by atoms with van der Waals surface area (Å²) in [7, 11) is 0. The van der Waals surface area contributed by atoms with Gasteiger partial charge in [-0.3, -0.25) is 19.8 Å². The highest BCUT2D eigenvalue weighted by atomic mass is 32.1. The van der Waals surface area contributed by atoms with Crippen molar-refractivity contribution in [2.45, 2.75) is 52.6 Å². The normalized spacial score (nSPS) is 15.8. The van der Waals surface area contributed by atoms with Gasteiger partial charge < -0.3 is 0 Å². The van der Waals surface area contributed by atoms with Crippen LogP contribution in [0.5, 0.6) is 0 Å². The highest BCUT2D eigenvalue weighted by Crippen LogP contribution is 2.21. The van der Waals surface area contributed by atoms with Crippen molar-refractivity contribution in [1.29, 1.82) is 0 Å². The lowest BCUT2D eigenvalue weighted by molar-refractivity contribution is 0.101. The summed E-state index contributed by atoms with van der Waals surface area (Å²) in [5.74, 6) is 0.465. The Balaban J connectivity index is 1.60. The van der Waals surface area contributed by atoms with Gasteiger partial charge in [-0.2, -0.15) is 5.10 Å². The Kier molecular flexibility index (Phi) is 6.73. The van der Waals surface area contributed by atoms with Gasteiger partial charge in [0, 0.05) is 24.5 Å². The maximum Gasteiger partial charge on any atom is 0.277 e. The zero-order valence-corrected chi connectivity index (χ0v) is 16.8. The lowest BCUT2D eigenvalue weighted by atomic mass is 9.99. The summed E-state index contributed by atoms with van der Waals surface area (Å²) in [6, 6.07) is 2.85. The third-order valence-corrected chi connectivity index (χ3v) is 5.66. The Morgan fingerprint density at radius 1 is 1.33 bits per heavy atom. The molecular formula is C19H27N5O2S. The molecule has 3 rings (SSSR count). The Bertz CT molecular complexity index is 824. The van der Waals surface area contributed by atoms with E-state index in [1.54, 1.807) is 0 Å². The van der Waals surface area contributed by atoms with Crippen molar-refractivity contribution in [3.63, 3.8) is 0 Å². The molecule has 1 fully saturated rings. The fourth-order valence-corrected chi connectivity index (χ4v) is 3.78. The van der Waals surface area contributed by atoms with Gasteiger partial charge in [0.05, 0.1) is 5.69 Å². The van der Waals surface area contributed by atoms with Crippen LogP contribution in [0.25, 0.3) is 0 Å². The molecule has 0 atom stereocenters. The Hall–Kier alpha value is -2.06. The monoisotopic (exact) mass is 389 g/mol. The predicted molar refractivity (Wildman–Crippen MR) is 107 cm³/mol. The molecule has 0 bridgehead atoms. The second kappa shape index (κ2) is 9.23. The van der Waals surface area contributed by atoms with E-state index in [0.29, 0.717) is 11.7 Å². The number of unbranched alkanes of at least 4 members (excludes halogenated alkanes) is 1. The smallest absolute Gasteiger partial charge is 0.277 e. The molecule has 0 aliphatic carbocycles. The number of anilines is 1. The number of aromatic nitrogens is 3. The Morgan fingerprint density at radius 2 is 2.11 bits per heavy atom. The molecule has 0 aromatic carbocycles. The number of amides is 1. The fraction of sp³-hybridized carbons (Fsp3) is 0.579. The van der Waals surface area contributed by atoms with Crippen LogP contribution in [0.1, 0.15) is 55.7 Å². The van der Waals surface area contributed by atoms with Crippen molar-refractivity contribution in [2.24, 2.45) is 5.92 Å². The van der Waals surface area contributed by atoms with Crippen molar-refractivity contribution in [2.75, 3.05) is 18.4 Å².